The van der Waals surface area contributed by atoms with E-state index in [0.717, 1.165) is 35.6 Å². The molecule has 0 spiro atoms. The van der Waals surface area contributed by atoms with E-state index in [2.05, 4.69) is 157 Å². The minimum absolute atomic E-state index is 1.13. The summed E-state index contributed by atoms with van der Waals surface area (Å²) < 4.78 is 0. The molecule has 40 heavy (non-hydrogen) atoms. The molecule has 202 valence electrons. The molecule has 0 fully saturated rings. The molecule has 0 heterocycles. The number of nitrogens with zero attached hydrogens (tertiary/aromatic N) is 2. The van der Waals surface area contributed by atoms with Crippen LogP contribution >= 0.6 is 0 Å². The predicted molar refractivity (Wildman–Crippen MR) is 173 cm³/mol. The van der Waals surface area contributed by atoms with Crippen LogP contribution in [0.25, 0.3) is 0 Å². The molecular weight excluding hydrogens is 484 g/mol. The summed E-state index contributed by atoms with van der Waals surface area (Å²) in [4.78, 5) is 4.67. The summed E-state index contributed by atoms with van der Waals surface area (Å²) in [5, 5.41) is 0. The van der Waals surface area contributed by atoms with Gasteiger partial charge in [-0.05, 0) is 110 Å². The maximum absolute atomic E-state index is 2.34. The van der Waals surface area contributed by atoms with E-state index in [1.54, 1.807) is 0 Å². The van der Waals surface area contributed by atoms with Crippen molar-refractivity contribution in [1.82, 2.24) is 0 Å². The van der Waals surface area contributed by atoms with Crippen LogP contribution in [0.15, 0.2) is 133 Å². The summed E-state index contributed by atoms with van der Waals surface area (Å²) in [6.45, 7) is 4.49. The molecule has 2 nitrogen and oxygen atoms in total. The average Bonchev–Trinajstić information content (AvgIpc) is 3.02. The highest BCUT2D eigenvalue weighted by Crippen LogP contribution is 2.39. The Labute approximate surface area is 240 Å². The van der Waals surface area contributed by atoms with Gasteiger partial charge in [0.2, 0.25) is 0 Å². The second-order valence-corrected chi connectivity index (χ2v) is 10.4. The van der Waals surface area contributed by atoms with Gasteiger partial charge >= 0.3 is 0 Å². The highest BCUT2D eigenvalue weighted by molar-refractivity contribution is 5.81. The van der Waals surface area contributed by atoms with Gasteiger partial charge in [-0.2, -0.15) is 0 Å². The standard InChI is InChI=1S/C38H40N2/c1-3-5-13-31-19-23-35(24-20-31)39(33-15-9-7-10-16-33)37-27-29-38(30-28-37)40(34-17-11-8-12-18-34)36-25-21-32(22-26-36)14-6-4-2/h7-12,15-30H,3-6,13-14H2,1-2H3. The summed E-state index contributed by atoms with van der Waals surface area (Å²) in [6.07, 6.45) is 7.14. The van der Waals surface area contributed by atoms with Gasteiger partial charge in [-0.25, -0.2) is 0 Å². The molecule has 0 aliphatic heterocycles. The Bertz CT molecular complexity index is 1310. The Hall–Kier alpha value is -4.30. The zero-order valence-electron chi connectivity index (χ0n) is 23.8. The molecule has 2 heteroatoms. The molecule has 0 bridgehead atoms. The first kappa shape index (κ1) is 27.3. The summed E-state index contributed by atoms with van der Waals surface area (Å²) in [6, 6.07) is 48.3. The van der Waals surface area contributed by atoms with Crippen molar-refractivity contribution in [3.63, 3.8) is 0 Å². The summed E-state index contributed by atoms with van der Waals surface area (Å²) >= 11 is 0. The first-order valence-electron chi connectivity index (χ1n) is 14.7. The Morgan fingerprint density at radius 1 is 0.350 bits per heavy atom. The SMILES string of the molecule is CCCCc1ccc(N(c2ccccc2)c2ccc(N(c3ccccc3)c3ccc(CCCC)cc3)cc2)cc1. The molecule has 0 atom stereocenters. The van der Waals surface area contributed by atoms with E-state index in [9.17, 15) is 0 Å². The van der Waals surface area contributed by atoms with Gasteiger partial charge < -0.3 is 9.80 Å². The van der Waals surface area contributed by atoms with E-state index in [4.69, 9.17) is 0 Å². The highest BCUT2D eigenvalue weighted by Gasteiger charge is 2.16. The maximum Gasteiger partial charge on any atom is 0.0463 e. The average molecular weight is 525 g/mol. The minimum Gasteiger partial charge on any atom is -0.311 e. The van der Waals surface area contributed by atoms with Crippen LogP contribution in [-0.2, 0) is 12.8 Å². The van der Waals surface area contributed by atoms with Gasteiger partial charge in [0, 0.05) is 34.1 Å². The fourth-order valence-corrected chi connectivity index (χ4v) is 5.18. The van der Waals surface area contributed by atoms with Crippen LogP contribution in [0.2, 0.25) is 0 Å². The number of benzene rings is 5. The number of para-hydroxylation sites is 2. The van der Waals surface area contributed by atoms with Crippen LogP contribution in [0.1, 0.15) is 50.7 Å². The maximum atomic E-state index is 2.34. The molecule has 5 aromatic rings. The normalized spacial score (nSPS) is 10.8. The lowest BCUT2D eigenvalue weighted by molar-refractivity contribution is 0.795. The molecule has 0 amide bonds. The van der Waals surface area contributed by atoms with E-state index >= 15 is 0 Å². The van der Waals surface area contributed by atoms with Crippen LogP contribution in [0.5, 0.6) is 0 Å². The van der Waals surface area contributed by atoms with E-state index in [0.29, 0.717) is 0 Å². The van der Waals surface area contributed by atoms with Crippen molar-refractivity contribution >= 4 is 34.1 Å². The molecule has 0 saturated heterocycles. The number of rotatable bonds is 12. The van der Waals surface area contributed by atoms with Gasteiger partial charge in [0.1, 0.15) is 0 Å². The van der Waals surface area contributed by atoms with E-state index in [1.807, 2.05) is 0 Å². The highest BCUT2D eigenvalue weighted by atomic mass is 15.2. The van der Waals surface area contributed by atoms with Gasteiger partial charge in [0.15, 0.2) is 0 Å². The van der Waals surface area contributed by atoms with E-state index < -0.39 is 0 Å². The van der Waals surface area contributed by atoms with Gasteiger partial charge in [-0.15, -0.1) is 0 Å². The third-order valence-electron chi connectivity index (χ3n) is 7.42. The first-order chi connectivity index (χ1) is 19.8. The molecule has 0 aliphatic carbocycles. The number of hydrogen-bond donors (Lipinski definition) is 0. The molecule has 0 unspecified atom stereocenters. The predicted octanol–water partition coefficient (Wildman–Crippen LogP) is 11.3. The lowest BCUT2D eigenvalue weighted by atomic mass is 10.1. The van der Waals surface area contributed by atoms with Gasteiger partial charge in [-0.3, -0.25) is 0 Å². The minimum atomic E-state index is 1.13. The topological polar surface area (TPSA) is 6.48 Å². The monoisotopic (exact) mass is 524 g/mol. The quantitative estimate of drug-likeness (QED) is 0.160. The third kappa shape index (κ3) is 6.63. The lowest BCUT2D eigenvalue weighted by Gasteiger charge is -2.28. The number of anilines is 6. The van der Waals surface area contributed by atoms with Gasteiger partial charge in [-0.1, -0.05) is 87.4 Å². The van der Waals surface area contributed by atoms with Crippen LogP contribution in [0.3, 0.4) is 0 Å². The Balaban J connectivity index is 1.49. The molecular formula is C38H40N2. The van der Waals surface area contributed by atoms with Crippen LogP contribution < -0.4 is 9.80 Å². The van der Waals surface area contributed by atoms with Crippen molar-refractivity contribution in [2.24, 2.45) is 0 Å². The smallest absolute Gasteiger partial charge is 0.0463 e. The van der Waals surface area contributed by atoms with Crippen LogP contribution in [-0.4, -0.2) is 0 Å². The number of hydrogen-bond acceptors (Lipinski definition) is 2. The van der Waals surface area contributed by atoms with Crippen molar-refractivity contribution in [1.29, 1.82) is 0 Å². The first-order valence-corrected chi connectivity index (χ1v) is 14.7. The summed E-state index contributed by atoms with van der Waals surface area (Å²) in [7, 11) is 0. The Kier molecular flexibility index (Phi) is 9.32. The van der Waals surface area contributed by atoms with Crippen LogP contribution in [0.4, 0.5) is 34.1 Å². The van der Waals surface area contributed by atoms with Crippen LogP contribution in [0, 0.1) is 0 Å². The molecule has 0 aromatic heterocycles. The largest absolute Gasteiger partial charge is 0.311 e. The van der Waals surface area contributed by atoms with Crippen molar-refractivity contribution in [2.45, 2.75) is 52.4 Å². The Morgan fingerprint density at radius 3 is 0.925 bits per heavy atom. The van der Waals surface area contributed by atoms with Gasteiger partial charge in [0.05, 0.1) is 0 Å². The third-order valence-corrected chi connectivity index (χ3v) is 7.42. The molecule has 5 aromatic carbocycles. The fourth-order valence-electron chi connectivity index (χ4n) is 5.18. The molecule has 0 N–H and O–H groups in total. The van der Waals surface area contributed by atoms with Crippen molar-refractivity contribution in [3.05, 3.63) is 145 Å². The fraction of sp³-hybridized carbons (Fsp3) is 0.211. The molecule has 5 rings (SSSR count). The number of aryl methyl sites for hydroxylation is 2. The van der Waals surface area contributed by atoms with Crippen molar-refractivity contribution in [2.75, 3.05) is 9.80 Å². The Morgan fingerprint density at radius 2 is 0.625 bits per heavy atom. The number of unbranched alkanes of at least 4 members (excludes halogenated alkanes) is 2. The van der Waals surface area contributed by atoms with Gasteiger partial charge in [0.25, 0.3) is 0 Å². The second kappa shape index (κ2) is 13.7. The molecule has 0 saturated carbocycles. The summed E-state index contributed by atoms with van der Waals surface area (Å²) in [5.74, 6) is 0. The molecule has 0 aliphatic rings. The lowest BCUT2D eigenvalue weighted by Crippen LogP contribution is -2.12. The summed E-state index contributed by atoms with van der Waals surface area (Å²) in [5.41, 5.74) is 9.71. The zero-order valence-corrected chi connectivity index (χ0v) is 23.8. The second-order valence-electron chi connectivity index (χ2n) is 10.4. The van der Waals surface area contributed by atoms with E-state index in [-0.39, 0.29) is 0 Å². The van der Waals surface area contributed by atoms with E-state index in [1.165, 1.54) is 48.2 Å². The zero-order chi connectivity index (χ0) is 27.6. The van der Waals surface area contributed by atoms with Crippen molar-refractivity contribution in [3.8, 4) is 0 Å². The van der Waals surface area contributed by atoms with Crippen molar-refractivity contribution < 1.29 is 0 Å². The molecule has 0 radical (unpaired) electrons.